The van der Waals surface area contributed by atoms with Crippen molar-refractivity contribution in [3.05, 3.63) is 11.6 Å². The molecule has 0 fully saturated rings. The molecule has 1 aromatic heterocycles. The molecule has 12 nitrogen and oxygen atoms in total. The number of aliphatic hydroxyl groups is 1. The summed E-state index contributed by atoms with van der Waals surface area (Å²) < 4.78 is 64.1. The fourth-order valence-corrected chi connectivity index (χ4v) is 8.00. The Labute approximate surface area is 197 Å². The third kappa shape index (κ3) is 6.49. The first-order valence-corrected chi connectivity index (χ1v) is 13.9. The Balaban J connectivity index is 2.32. The number of carbonyl (C=O) groups is 2. The number of carbonyl (C=O) groups excluding carboxylic acids is 2. The minimum Gasteiger partial charge on any atom is -0.451 e. The average molecular weight is 528 g/mol. The summed E-state index contributed by atoms with van der Waals surface area (Å²) in [4.78, 5) is 23.7. The Morgan fingerprint density at radius 2 is 2.03 bits per heavy atom. The third-order valence-corrected chi connectivity index (χ3v) is 10.1. The van der Waals surface area contributed by atoms with Crippen LogP contribution in [0.2, 0.25) is 0 Å². The van der Waals surface area contributed by atoms with E-state index in [0.29, 0.717) is 36.5 Å². The molecule has 0 aromatic carbocycles. The molecular formula is C18H29N3O9S3. The van der Waals surface area contributed by atoms with Crippen LogP contribution in [-0.2, 0) is 39.1 Å². The number of hydrogen-bond donors (Lipinski definition) is 3. The predicted molar refractivity (Wildman–Crippen MR) is 119 cm³/mol. The van der Waals surface area contributed by atoms with Gasteiger partial charge in [-0.05, 0) is 32.9 Å². The Bertz CT molecular complexity index is 1070. The van der Waals surface area contributed by atoms with Crippen molar-refractivity contribution in [2.45, 2.75) is 53.9 Å². The first kappa shape index (κ1) is 27.6. The molecule has 0 bridgehead atoms. The van der Waals surface area contributed by atoms with Crippen LogP contribution in [0.3, 0.4) is 0 Å². The lowest BCUT2D eigenvalue weighted by Crippen LogP contribution is -2.43. The number of fused-ring (bicyclic) bond motifs is 1. The van der Waals surface area contributed by atoms with E-state index in [4.69, 9.17) is 14.6 Å². The fraction of sp³-hybridized carbons (Fsp3) is 0.667. The zero-order valence-corrected chi connectivity index (χ0v) is 21.2. The minimum atomic E-state index is -4.45. The van der Waals surface area contributed by atoms with Gasteiger partial charge >= 0.3 is 5.97 Å². The number of ether oxygens (including phenoxy) is 2. The normalized spacial score (nSPS) is 20.0. The molecule has 1 aromatic rings. The lowest BCUT2D eigenvalue weighted by atomic mass is 10.1. The molecule has 188 valence electrons. The number of hydrogen-bond acceptors (Lipinski definition) is 11. The Kier molecular flexibility index (Phi) is 9.38. The van der Waals surface area contributed by atoms with Gasteiger partial charge in [0.1, 0.15) is 14.5 Å². The molecule has 15 heteroatoms. The molecule has 2 unspecified atom stereocenters. The second-order valence-corrected chi connectivity index (χ2v) is 12.4. The van der Waals surface area contributed by atoms with Gasteiger partial charge in [-0.2, -0.15) is 4.31 Å². The largest absolute Gasteiger partial charge is 0.451 e. The van der Waals surface area contributed by atoms with E-state index in [1.54, 1.807) is 4.72 Å². The fourth-order valence-electron chi connectivity index (χ4n) is 3.07. The molecule has 2 heterocycles. The minimum absolute atomic E-state index is 0.112. The summed E-state index contributed by atoms with van der Waals surface area (Å²) >= 11 is 0.543. The van der Waals surface area contributed by atoms with Crippen molar-refractivity contribution in [1.29, 1.82) is 0 Å². The van der Waals surface area contributed by atoms with E-state index in [9.17, 15) is 26.4 Å². The van der Waals surface area contributed by atoms with Crippen LogP contribution in [0, 0.1) is 0 Å². The number of esters is 1. The molecule has 1 amide bonds. The molecule has 0 radical (unpaired) electrons. The smallest absolute Gasteiger partial charge is 0.335 e. The highest BCUT2D eigenvalue weighted by atomic mass is 32.3. The van der Waals surface area contributed by atoms with Gasteiger partial charge < -0.3 is 19.9 Å². The van der Waals surface area contributed by atoms with E-state index in [1.807, 2.05) is 6.92 Å². The summed E-state index contributed by atoms with van der Waals surface area (Å²) in [5, 5.41) is 12.3. The van der Waals surface area contributed by atoms with E-state index < -0.39 is 50.2 Å². The van der Waals surface area contributed by atoms with Crippen molar-refractivity contribution in [2.24, 2.45) is 0 Å². The van der Waals surface area contributed by atoms with Crippen molar-refractivity contribution in [3.8, 4) is 0 Å². The van der Waals surface area contributed by atoms with Crippen LogP contribution in [0.1, 0.15) is 38.8 Å². The molecule has 0 spiro atoms. The molecule has 3 atom stereocenters. The van der Waals surface area contributed by atoms with Crippen molar-refractivity contribution in [3.63, 3.8) is 0 Å². The molecule has 0 saturated carbocycles. The Morgan fingerprint density at radius 3 is 2.61 bits per heavy atom. The standard InChI is InChI=1S/C18H29N3O9S3/c1-5-19-14-10-21(7-6-8-29-4)33(27,28)18-13(14)9-15(31-18)32(25,26)20-16(23)12(3)30-17(24)11(2)22/h9,11-12,14,19,22H,5-8,10H2,1-4H3,(H,20,23)/t11?,12?,14-/m0/s1. The number of aliphatic hydroxyl groups excluding tert-OH is 1. The Hall–Kier alpha value is -1.62. The number of sulfonamides is 2. The van der Waals surface area contributed by atoms with Gasteiger partial charge in [0.25, 0.3) is 26.0 Å². The number of likely N-dealkylation sites (N-methyl/N-ethyl adjacent to an activating group) is 1. The lowest BCUT2D eigenvalue weighted by Gasteiger charge is -2.32. The lowest BCUT2D eigenvalue weighted by molar-refractivity contribution is -0.161. The summed E-state index contributed by atoms with van der Waals surface area (Å²) in [7, 11) is -6.87. The molecule has 1 aliphatic rings. The highest BCUT2D eigenvalue weighted by Gasteiger charge is 2.40. The topological polar surface area (TPSA) is 168 Å². The molecule has 3 N–H and O–H groups in total. The van der Waals surface area contributed by atoms with Crippen LogP contribution in [0.5, 0.6) is 0 Å². The van der Waals surface area contributed by atoms with Gasteiger partial charge in [0.15, 0.2) is 6.10 Å². The summed E-state index contributed by atoms with van der Waals surface area (Å²) in [5.74, 6) is -2.22. The Morgan fingerprint density at radius 1 is 1.36 bits per heavy atom. The van der Waals surface area contributed by atoms with Gasteiger partial charge in [-0.3, -0.25) is 4.79 Å². The molecule has 2 rings (SSSR count). The highest BCUT2D eigenvalue weighted by molar-refractivity contribution is 7.94. The maximum Gasteiger partial charge on any atom is 0.335 e. The van der Waals surface area contributed by atoms with Gasteiger partial charge in [0.05, 0.1) is 0 Å². The van der Waals surface area contributed by atoms with Crippen LogP contribution in [0.4, 0.5) is 0 Å². The van der Waals surface area contributed by atoms with Crippen LogP contribution in [0.25, 0.3) is 0 Å². The molecule has 0 saturated heterocycles. The molecular weight excluding hydrogens is 498 g/mol. The second kappa shape index (κ2) is 11.2. The van der Waals surface area contributed by atoms with E-state index >= 15 is 0 Å². The van der Waals surface area contributed by atoms with E-state index in [0.717, 1.165) is 13.8 Å². The number of rotatable bonds is 11. The van der Waals surface area contributed by atoms with Crippen LogP contribution < -0.4 is 10.0 Å². The molecule has 33 heavy (non-hydrogen) atoms. The first-order chi connectivity index (χ1) is 15.3. The van der Waals surface area contributed by atoms with E-state index in [2.05, 4.69) is 5.32 Å². The third-order valence-electron chi connectivity index (χ3n) is 4.75. The number of nitrogens with one attached hydrogen (secondary N) is 2. The van der Waals surface area contributed by atoms with Crippen molar-refractivity contribution in [1.82, 2.24) is 14.3 Å². The number of nitrogens with zero attached hydrogens (tertiary/aromatic N) is 1. The SMILES string of the molecule is CCN[C@H]1CN(CCCOC)S(=O)(=O)c2sc(S(=O)(=O)NC(=O)C(C)OC(=O)C(C)O)cc21. The van der Waals surface area contributed by atoms with E-state index in [-0.39, 0.29) is 21.5 Å². The van der Waals surface area contributed by atoms with Crippen LogP contribution in [0.15, 0.2) is 14.5 Å². The van der Waals surface area contributed by atoms with Gasteiger partial charge in [-0.15, -0.1) is 11.3 Å². The summed E-state index contributed by atoms with van der Waals surface area (Å²) in [5.41, 5.74) is 0.311. The van der Waals surface area contributed by atoms with Crippen molar-refractivity contribution in [2.75, 3.05) is 33.4 Å². The maximum absolute atomic E-state index is 13.1. The second-order valence-electron chi connectivity index (χ2n) is 7.35. The quantitative estimate of drug-likeness (QED) is 0.253. The monoisotopic (exact) mass is 527 g/mol. The van der Waals surface area contributed by atoms with Gasteiger partial charge in [-0.25, -0.2) is 26.4 Å². The number of methoxy groups -OCH3 is 1. The number of amides is 1. The molecule has 1 aliphatic heterocycles. The highest BCUT2D eigenvalue weighted by Crippen LogP contribution is 2.40. The summed E-state index contributed by atoms with van der Waals surface area (Å²) in [6, 6.07) is 0.803. The van der Waals surface area contributed by atoms with Gasteiger partial charge in [-0.1, -0.05) is 6.92 Å². The van der Waals surface area contributed by atoms with Gasteiger partial charge in [0.2, 0.25) is 0 Å². The van der Waals surface area contributed by atoms with Gasteiger partial charge in [0, 0.05) is 38.4 Å². The summed E-state index contributed by atoms with van der Waals surface area (Å²) in [6.45, 7) is 5.36. The summed E-state index contributed by atoms with van der Waals surface area (Å²) in [6.07, 6.45) is -2.51. The first-order valence-electron chi connectivity index (χ1n) is 10.2. The average Bonchev–Trinajstić information content (AvgIpc) is 3.19. The van der Waals surface area contributed by atoms with Crippen LogP contribution >= 0.6 is 11.3 Å². The maximum atomic E-state index is 13.1. The van der Waals surface area contributed by atoms with Crippen LogP contribution in [-0.4, -0.2) is 83.7 Å². The van der Waals surface area contributed by atoms with Crippen molar-refractivity contribution >= 4 is 43.3 Å². The van der Waals surface area contributed by atoms with E-state index in [1.165, 1.54) is 17.5 Å². The zero-order valence-electron chi connectivity index (χ0n) is 18.7. The molecule has 0 aliphatic carbocycles. The number of thiophene rings is 1. The zero-order chi connectivity index (χ0) is 25.0. The van der Waals surface area contributed by atoms with Crippen molar-refractivity contribution < 1.29 is 41.0 Å². The predicted octanol–water partition coefficient (Wildman–Crippen LogP) is -0.443.